The van der Waals surface area contributed by atoms with Gasteiger partial charge in [-0.05, 0) is 42.8 Å². The molecule has 2 aromatic heterocycles. The van der Waals surface area contributed by atoms with Crippen molar-refractivity contribution in [2.75, 3.05) is 5.32 Å². The van der Waals surface area contributed by atoms with E-state index in [2.05, 4.69) is 20.3 Å². The number of rotatable bonds is 4. The van der Waals surface area contributed by atoms with Gasteiger partial charge in [-0.2, -0.15) is 0 Å². The molecular formula is C17H15N5O. The van der Waals surface area contributed by atoms with Crippen molar-refractivity contribution in [3.8, 4) is 11.3 Å². The molecule has 2 heterocycles. The summed E-state index contributed by atoms with van der Waals surface area (Å²) in [5.41, 5.74) is 9.20. The second-order valence-electron chi connectivity index (χ2n) is 5.02. The van der Waals surface area contributed by atoms with Crippen LogP contribution in [-0.4, -0.2) is 20.9 Å². The monoisotopic (exact) mass is 305 g/mol. The van der Waals surface area contributed by atoms with Crippen molar-refractivity contribution in [3.63, 3.8) is 0 Å². The molecule has 0 aliphatic heterocycles. The average Bonchev–Trinajstić information content (AvgIpc) is 2.58. The van der Waals surface area contributed by atoms with Gasteiger partial charge >= 0.3 is 0 Å². The van der Waals surface area contributed by atoms with Gasteiger partial charge in [-0.1, -0.05) is 6.07 Å². The van der Waals surface area contributed by atoms with E-state index in [1.54, 1.807) is 30.7 Å². The highest BCUT2D eigenvalue weighted by Gasteiger charge is 2.07. The summed E-state index contributed by atoms with van der Waals surface area (Å²) in [5, 5.41) is 3.13. The third-order valence-corrected chi connectivity index (χ3v) is 3.40. The largest absolute Gasteiger partial charge is 0.366 e. The Bertz CT molecular complexity index is 849. The standard InChI is InChI=1S/C17H15N5O/c1-11-2-3-13(16(18)23)10-15(11)22-17-20-9-6-14(21-17)12-4-7-19-8-5-12/h2-10H,1H3,(H2,18,23)(H,20,21,22). The number of hydrogen-bond acceptors (Lipinski definition) is 5. The van der Waals surface area contributed by atoms with E-state index in [1.165, 1.54) is 0 Å². The van der Waals surface area contributed by atoms with Crippen LogP contribution in [-0.2, 0) is 0 Å². The van der Waals surface area contributed by atoms with Gasteiger partial charge in [0.1, 0.15) is 0 Å². The molecular weight excluding hydrogens is 290 g/mol. The summed E-state index contributed by atoms with van der Waals surface area (Å²) in [5.74, 6) is -0.0245. The fourth-order valence-corrected chi connectivity index (χ4v) is 2.13. The molecule has 1 amide bonds. The van der Waals surface area contributed by atoms with Crippen molar-refractivity contribution in [1.82, 2.24) is 15.0 Å². The number of carbonyl (C=O) groups is 1. The molecule has 23 heavy (non-hydrogen) atoms. The highest BCUT2D eigenvalue weighted by molar-refractivity contribution is 5.94. The summed E-state index contributed by atoms with van der Waals surface area (Å²) in [7, 11) is 0. The Morgan fingerprint density at radius 1 is 1.09 bits per heavy atom. The van der Waals surface area contributed by atoms with Crippen LogP contribution in [0.25, 0.3) is 11.3 Å². The number of primary amides is 1. The summed E-state index contributed by atoms with van der Waals surface area (Å²) >= 11 is 0. The maximum absolute atomic E-state index is 11.3. The van der Waals surface area contributed by atoms with Gasteiger partial charge in [-0.25, -0.2) is 9.97 Å². The lowest BCUT2D eigenvalue weighted by Gasteiger charge is -2.10. The predicted octanol–water partition coefficient (Wildman–Crippen LogP) is 2.69. The number of amides is 1. The normalized spacial score (nSPS) is 10.3. The number of hydrogen-bond donors (Lipinski definition) is 2. The molecule has 0 spiro atoms. The topological polar surface area (TPSA) is 93.8 Å². The maximum Gasteiger partial charge on any atom is 0.248 e. The molecule has 3 rings (SSSR count). The van der Waals surface area contributed by atoms with Crippen molar-refractivity contribution >= 4 is 17.5 Å². The van der Waals surface area contributed by atoms with Gasteiger partial charge in [0.2, 0.25) is 11.9 Å². The van der Waals surface area contributed by atoms with Crippen LogP contribution < -0.4 is 11.1 Å². The Labute approximate surface area is 133 Å². The highest BCUT2D eigenvalue weighted by atomic mass is 16.1. The summed E-state index contributed by atoms with van der Waals surface area (Å²) < 4.78 is 0. The Morgan fingerprint density at radius 3 is 2.61 bits per heavy atom. The van der Waals surface area contributed by atoms with E-state index in [0.29, 0.717) is 11.5 Å². The molecule has 6 nitrogen and oxygen atoms in total. The highest BCUT2D eigenvalue weighted by Crippen LogP contribution is 2.22. The van der Waals surface area contributed by atoms with Crippen LogP contribution in [0.2, 0.25) is 0 Å². The van der Waals surface area contributed by atoms with Crippen molar-refractivity contribution in [1.29, 1.82) is 0 Å². The Kier molecular flexibility index (Phi) is 3.97. The minimum absolute atomic E-state index is 0.434. The molecule has 114 valence electrons. The molecule has 1 aromatic carbocycles. The molecule has 0 atom stereocenters. The second-order valence-corrected chi connectivity index (χ2v) is 5.02. The van der Waals surface area contributed by atoms with Crippen molar-refractivity contribution in [3.05, 3.63) is 66.1 Å². The van der Waals surface area contributed by atoms with E-state index in [0.717, 1.165) is 22.5 Å². The van der Waals surface area contributed by atoms with E-state index in [1.807, 2.05) is 31.2 Å². The molecule has 0 aliphatic carbocycles. The zero-order valence-electron chi connectivity index (χ0n) is 12.5. The second kappa shape index (κ2) is 6.23. The summed E-state index contributed by atoms with van der Waals surface area (Å²) in [6.45, 7) is 1.93. The number of pyridine rings is 1. The van der Waals surface area contributed by atoms with Gasteiger partial charge in [0.05, 0.1) is 5.69 Å². The molecule has 0 saturated heterocycles. The van der Waals surface area contributed by atoms with E-state index in [-0.39, 0.29) is 0 Å². The number of benzene rings is 1. The summed E-state index contributed by atoms with van der Waals surface area (Å²) in [4.78, 5) is 24.0. The van der Waals surface area contributed by atoms with Gasteiger partial charge in [0.25, 0.3) is 0 Å². The van der Waals surface area contributed by atoms with Gasteiger partial charge in [-0.15, -0.1) is 0 Å². The first-order chi connectivity index (χ1) is 11.1. The van der Waals surface area contributed by atoms with Crippen LogP contribution in [0.4, 0.5) is 11.6 Å². The van der Waals surface area contributed by atoms with Crippen molar-refractivity contribution in [2.24, 2.45) is 5.73 Å². The van der Waals surface area contributed by atoms with E-state index in [4.69, 9.17) is 5.73 Å². The zero-order chi connectivity index (χ0) is 16.2. The lowest BCUT2D eigenvalue weighted by Crippen LogP contribution is -2.11. The molecule has 3 aromatic rings. The van der Waals surface area contributed by atoms with E-state index >= 15 is 0 Å². The fourth-order valence-electron chi connectivity index (χ4n) is 2.13. The maximum atomic E-state index is 11.3. The molecule has 0 saturated carbocycles. The third kappa shape index (κ3) is 3.32. The summed E-state index contributed by atoms with van der Waals surface area (Å²) in [6.07, 6.45) is 5.11. The minimum atomic E-state index is -0.473. The molecule has 0 aliphatic rings. The van der Waals surface area contributed by atoms with Crippen LogP contribution >= 0.6 is 0 Å². The zero-order valence-corrected chi connectivity index (χ0v) is 12.5. The first-order valence-electron chi connectivity index (χ1n) is 7.04. The van der Waals surface area contributed by atoms with Crippen LogP contribution in [0, 0.1) is 6.92 Å². The first kappa shape index (κ1) is 14.6. The Morgan fingerprint density at radius 2 is 1.87 bits per heavy atom. The number of aromatic nitrogens is 3. The molecule has 6 heteroatoms. The van der Waals surface area contributed by atoms with Gasteiger partial charge in [-0.3, -0.25) is 9.78 Å². The number of nitrogens with one attached hydrogen (secondary N) is 1. The number of anilines is 2. The molecule has 0 bridgehead atoms. The van der Waals surface area contributed by atoms with Crippen LogP contribution in [0.15, 0.2) is 55.0 Å². The minimum Gasteiger partial charge on any atom is -0.366 e. The van der Waals surface area contributed by atoms with Crippen LogP contribution in [0.3, 0.4) is 0 Å². The summed E-state index contributed by atoms with van der Waals surface area (Å²) in [6, 6.07) is 10.8. The quantitative estimate of drug-likeness (QED) is 0.773. The third-order valence-electron chi connectivity index (χ3n) is 3.40. The van der Waals surface area contributed by atoms with Gasteiger partial charge in [0, 0.05) is 35.4 Å². The first-order valence-corrected chi connectivity index (χ1v) is 7.04. The van der Waals surface area contributed by atoms with Crippen molar-refractivity contribution < 1.29 is 4.79 Å². The Hall–Kier alpha value is -3.28. The number of nitrogens with zero attached hydrogens (tertiary/aromatic N) is 3. The Balaban J connectivity index is 1.92. The SMILES string of the molecule is Cc1ccc(C(N)=O)cc1Nc1nccc(-c2ccncc2)n1. The number of aryl methyl sites for hydroxylation is 1. The van der Waals surface area contributed by atoms with Gasteiger partial charge in [0.15, 0.2) is 0 Å². The molecule has 0 radical (unpaired) electrons. The van der Waals surface area contributed by atoms with Gasteiger partial charge < -0.3 is 11.1 Å². The lowest BCUT2D eigenvalue weighted by molar-refractivity contribution is 0.100. The van der Waals surface area contributed by atoms with E-state index in [9.17, 15) is 4.79 Å². The van der Waals surface area contributed by atoms with Crippen LogP contribution in [0.5, 0.6) is 0 Å². The smallest absolute Gasteiger partial charge is 0.248 e. The number of carbonyl (C=O) groups excluding carboxylic acids is 1. The number of nitrogens with two attached hydrogens (primary N) is 1. The van der Waals surface area contributed by atoms with Crippen molar-refractivity contribution in [2.45, 2.75) is 6.92 Å². The lowest BCUT2D eigenvalue weighted by atomic mass is 10.1. The molecule has 0 fully saturated rings. The van der Waals surface area contributed by atoms with Crippen LogP contribution in [0.1, 0.15) is 15.9 Å². The van der Waals surface area contributed by atoms with E-state index < -0.39 is 5.91 Å². The fraction of sp³-hybridized carbons (Fsp3) is 0.0588. The molecule has 3 N–H and O–H groups in total. The molecule has 0 unspecified atom stereocenters. The predicted molar refractivity (Wildman–Crippen MR) is 88.2 cm³/mol. The average molecular weight is 305 g/mol.